The molecule has 0 radical (unpaired) electrons. The fraction of sp³-hybridized carbons (Fsp3) is 0.433. The predicted molar refractivity (Wildman–Crippen MR) is 153 cm³/mol. The lowest BCUT2D eigenvalue weighted by molar-refractivity contribution is 0.0690. The van der Waals surface area contributed by atoms with E-state index in [-0.39, 0.29) is 11.9 Å². The van der Waals surface area contributed by atoms with Crippen molar-refractivity contribution in [3.8, 4) is 11.5 Å². The molecule has 0 bridgehead atoms. The lowest BCUT2D eigenvalue weighted by atomic mass is 9.99. The molecule has 206 valence electrons. The molecule has 1 atom stereocenters. The van der Waals surface area contributed by atoms with Crippen LogP contribution in [0, 0.1) is 0 Å². The Balaban J connectivity index is 1.39. The van der Waals surface area contributed by atoms with Gasteiger partial charge in [0, 0.05) is 68.5 Å². The number of carbonyl (C=O) groups excluding carboxylic acids is 1. The highest BCUT2D eigenvalue weighted by Crippen LogP contribution is 2.40. The molecule has 2 aromatic carbocycles. The van der Waals surface area contributed by atoms with Crippen LogP contribution in [-0.2, 0) is 6.54 Å². The van der Waals surface area contributed by atoms with E-state index in [1.54, 1.807) is 32.7 Å². The number of fused-ring (bicyclic) bond motifs is 1. The topological polar surface area (TPSA) is 83.1 Å². The second kappa shape index (κ2) is 12.3. The molecule has 39 heavy (non-hydrogen) atoms. The van der Waals surface area contributed by atoms with Gasteiger partial charge in [-0.25, -0.2) is 9.97 Å². The normalized spacial score (nSPS) is 16.2. The van der Waals surface area contributed by atoms with Crippen molar-refractivity contribution in [1.82, 2.24) is 19.8 Å². The van der Waals surface area contributed by atoms with E-state index in [0.29, 0.717) is 30.5 Å². The van der Waals surface area contributed by atoms with Crippen LogP contribution in [0.3, 0.4) is 0 Å². The van der Waals surface area contributed by atoms with E-state index in [4.69, 9.17) is 9.47 Å². The monoisotopic (exact) mass is 530 g/mol. The number of benzene rings is 2. The number of methoxy groups -OCH3 is 2. The average molecular weight is 531 g/mol. The van der Waals surface area contributed by atoms with Gasteiger partial charge in [-0.15, -0.1) is 0 Å². The molecule has 0 spiro atoms. The van der Waals surface area contributed by atoms with Gasteiger partial charge in [0.1, 0.15) is 0 Å². The molecule has 1 fully saturated rings. The Morgan fingerprint density at radius 1 is 0.974 bits per heavy atom. The maximum atomic E-state index is 13.9. The van der Waals surface area contributed by atoms with Crippen molar-refractivity contribution in [3.05, 3.63) is 71.5 Å². The van der Waals surface area contributed by atoms with E-state index < -0.39 is 0 Å². The maximum Gasteiger partial charge on any atom is 0.255 e. The fourth-order valence-corrected chi connectivity index (χ4v) is 5.64. The standard InChI is InChI=1S/C30H38N6O3/c1-4-34-16-18-35(19-17-34)26-9-5-8-23-24(26)21-36(29(23)37)25(10-6-13-31-30-32-14-7-15-33-30)22-11-12-27(38-2)28(20-22)39-3/h5,7-9,11-12,14-15,20,25H,4,6,10,13,16-19,21H2,1-3H3,(H,31,32,33). The highest BCUT2D eigenvalue weighted by molar-refractivity contribution is 6.00. The number of likely N-dealkylation sites (N-methyl/N-ethyl adjacent to an activating group) is 1. The Hall–Kier alpha value is -3.85. The Morgan fingerprint density at radius 2 is 1.74 bits per heavy atom. The van der Waals surface area contributed by atoms with Gasteiger partial charge in [0.05, 0.1) is 20.3 Å². The second-order valence-corrected chi connectivity index (χ2v) is 9.93. The summed E-state index contributed by atoms with van der Waals surface area (Å²) in [6, 6.07) is 13.8. The van der Waals surface area contributed by atoms with Crippen LogP contribution in [0.2, 0.25) is 0 Å². The van der Waals surface area contributed by atoms with Crippen LogP contribution >= 0.6 is 0 Å². The predicted octanol–water partition coefficient (Wildman–Crippen LogP) is 4.23. The van der Waals surface area contributed by atoms with Crippen molar-refractivity contribution in [2.75, 3.05) is 63.7 Å². The van der Waals surface area contributed by atoms with Crippen LogP contribution < -0.4 is 19.7 Å². The molecule has 0 aliphatic carbocycles. The zero-order valence-corrected chi connectivity index (χ0v) is 23.1. The lowest BCUT2D eigenvalue weighted by Crippen LogP contribution is -2.46. The van der Waals surface area contributed by atoms with Gasteiger partial charge in [0.2, 0.25) is 5.95 Å². The van der Waals surface area contributed by atoms with Gasteiger partial charge in [-0.3, -0.25) is 4.79 Å². The molecule has 1 saturated heterocycles. The number of hydrogen-bond donors (Lipinski definition) is 1. The smallest absolute Gasteiger partial charge is 0.255 e. The summed E-state index contributed by atoms with van der Waals surface area (Å²) in [6.07, 6.45) is 5.06. The van der Waals surface area contributed by atoms with Crippen LogP contribution in [0.1, 0.15) is 47.3 Å². The van der Waals surface area contributed by atoms with Gasteiger partial charge in [0.15, 0.2) is 11.5 Å². The Kier molecular flexibility index (Phi) is 8.46. The maximum absolute atomic E-state index is 13.9. The van der Waals surface area contributed by atoms with Crippen molar-refractivity contribution in [3.63, 3.8) is 0 Å². The van der Waals surface area contributed by atoms with Gasteiger partial charge >= 0.3 is 0 Å². The third kappa shape index (κ3) is 5.78. The molecule has 3 aromatic rings. The lowest BCUT2D eigenvalue weighted by Gasteiger charge is -2.36. The minimum atomic E-state index is -0.118. The summed E-state index contributed by atoms with van der Waals surface area (Å²) >= 11 is 0. The molecule has 2 aliphatic rings. The molecule has 3 heterocycles. The van der Waals surface area contributed by atoms with E-state index in [9.17, 15) is 4.79 Å². The van der Waals surface area contributed by atoms with Crippen molar-refractivity contribution in [2.45, 2.75) is 32.4 Å². The first-order valence-corrected chi connectivity index (χ1v) is 13.8. The first-order valence-electron chi connectivity index (χ1n) is 13.8. The Labute approximate surface area is 230 Å². The van der Waals surface area contributed by atoms with Crippen LogP contribution in [0.25, 0.3) is 0 Å². The second-order valence-electron chi connectivity index (χ2n) is 9.93. The number of aromatic nitrogens is 2. The van der Waals surface area contributed by atoms with Gasteiger partial charge in [-0.2, -0.15) is 0 Å². The summed E-state index contributed by atoms with van der Waals surface area (Å²) in [4.78, 5) is 29.3. The van der Waals surface area contributed by atoms with Crippen molar-refractivity contribution >= 4 is 17.5 Å². The number of rotatable bonds is 11. The SMILES string of the molecule is CCN1CCN(c2cccc3c2CN(C(CCCNc2ncccn2)c2ccc(OC)c(OC)c2)C3=O)CC1. The zero-order valence-electron chi connectivity index (χ0n) is 23.1. The molecular formula is C30H38N6O3. The largest absolute Gasteiger partial charge is 0.493 e. The molecule has 9 heteroatoms. The summed E-state index contributed by atoms with van der Waals surface area (Å²) in [5, 5.41) is 3.29. The number of piperazine rings is 1. The summed E-state index contributed by atoms with van der Waals surface area (Å²) in [5.74, 6) is 2.03. The summed E-state index contributed by atoms with van der Waals surface area (Å²) in [6.45, 7) is 8.63. The van der Waals surface area contributed by atoms with Crippen LogP contribution in [0.5, 0.6) is 11.5 Å². The average Bonchev–Trinajstić information content (AvgIpc) is 3.33. The molecule has 2 aliphatic heterocycles. The first-order chi connectivity index (χ1) is 19.1. The number of carbonyl (C=O) groups is 1. The quantitative estimate of drug-likeness (QED) is 0.369. The van der Waals surface area contributed by atoms with Crippen LogP contribution in [-0.4, -0.2) is 79.2 Å². The minimum Gasteiger partial charge on any atom is -0.493 e. The summed E-state index contributed by atoms with van der Waals surface area (Å²) < 4.78 is 11.1. The highest BCUT2D eigenvalue weighted by Gasteiger charge is 2.36. The number of nitrogens with one attached hydrogen (secondary N) is 1. The van der Waals surface area contributed by atoms with Crippen molar-refractivity contribution in [2.24, 2.45) is 0 Å². The third-order valence-electron chi connectivity index (χ3n) is 7.80. The van der Waals surface area contributed by atoms with E-state index >= 15 is 0 Å². The van der Waals surface area contributed by atoms with Crippen molar-refractivity contribution in [1.29, 1.82) is 0 Å². The molecule has 1 unspecified atom stereocenters. The highest BCUT2D eigenvalue weighted by atomic mass is 16.5. The van der Waals surface area contributed by atoms with E-state index in [1.165, 1.54) is 5.69 Å². The van der Waals surface area contributed by atoms with E-state index in [0.717, 1.165) is 62.3 Å². The van der Waals surface area contributed by atoms with E-state index in [2.05, 4.69) is 38.1 Å². The third-order valence-corrected chi connectivity index (χ3v) is 7.80. The number of ether oxygens (including phenoxy) is 2. The van der Waals surface area contributed by atoms with Crippen LogP contribution in [0.4, 0.5) is 11.6 Å². The summed E-state index contributed by atoms with van der Waals surface area (Å²) in [7, 11) is 3.27. The number of amides is 1. The Bertz CT molecular complexity index is 1260. The molecule has 0 saturated carbocycles. The molecule has 5 rings (SSSR count). The fourth-order valence-electron chi connectivity index (χ4n) is 5.64. The van der Waals surface area contributed by atoms with E-state index in [1.807, 2.05) is 35.2 Å². The zero-order chi connectivity index (χ0) is 27.2. The van der Waals surface area contributed by atoms with Crippen LogP contribution in [0.15, 0.2) is 54.9 Å². The number of anilines is 2. The van der Waals surface area contributed by atoms with Gasteiger partial charge in [-0.1, -0.05) is 19.1 Å². The molecule has 1 amide bonds. The number of hydrogen-bond acceptors (Lipinski definition) is 8. The number of nitrogens with zero attached hydrogens (tertiary/aromatic N) is 5. The van der Waals surface area contributed by atoms with Crippen molar-refractivity contribution < 1.29 is 14.3 Å². The van der Waals surface area contributed by atoms with Gasteiger partial charge < -0.3 is 29.5 Å². The van der Waals surface area contributed by atoms with Gasteiger partial charge in [0.25, 0.3) is 5.91 Å². The summed E-state index contributed by atoms with van der Waals surface area (Å²) in [5.41, 5.74) is 4.16. The molecule has 1 N–H and O–H groups in total. The molecule has 1 aromatic heterocycles. The molecule has 9 nitrogen and oxygen atoms in total. The molecular weight excluding hydrogens is 492 g/mol. The van der Waals surface area contributed by atoms with Gasteiger partial charge in [-0.05, 0) is 55.3 Å². The first kappa shape index (κ1) is 26.7. The minimum absolute atomic E-state index is 0.0816. The Morgan fingerprint density at radius 3 is 2.46 bits per heavy atom.